The Kier molecular flexibility index (Phi) is 6.35. The summed E-state index contributed by atoms with van der Waals surface area (Å²) in [5.41, 5.74) is 2.53. The lowest BCUT2D eigenvalue weighted by Crippen LogP contribution is -2.50. The topological polar surface area (TPSA) is 20.2 Å². The van der Waals surface area contributed by atoms with Crippen LogP contribution in [-0.4, -0.2) is 11.2 Å². The number of aliphatic hydroxyl groups excluding tert-OH is 1. The molecule has 10 atom stereocenters. The predicted octanol–water partition coefficient (Wildman–Crippen LogP) is 7.80. The van der Waals surface area contributed by atoms with Crippen LogP contribution in [-0.2, 0) is 0 Å². The Balaban J connectivity index is 1.52. The van der Waals surface area contributed by atoms with Crippen molar-refractivity contribution < 1.29 is 5.11 Å². The van der Waals surface area contributed by atoms with Gasteiger partial charge in [0.25, 0.3) is 0 Å². The van der Waals surface area contributed by atoms with Crippen LogP contribution in [0.2, 0.25) is 0 Å². The number of allylic oxidation sites excluding steroid dienone is 2. The van der Waals surface area contributed by atoms with Crippen molar-refractivity contribution in [2.75, 3.05) is 0 Å². The summed E-state index contributed by atoms with van der Waals surface area (Å²) >= 11 is 0. The Labute approximate surface area is 186 Å². The van der Waals surface area contributed by atoms with Gasteiger partial charge in [0.1, 0.15) is 0 Å². The number of aliphatic hydroxyl groups is 1. The lowest BCUT2D eigenvalue weighted by Gasteiger charge is -2.58. The number of fused-ring (bicyclic) bond motifs is 5. The van der Waals surface area contributed by atoms with E-state index < -0.39 is 0 Å². The van der Waals surface area contributed by atoms with Crippen molar-refractivity contribution >= 4 is 0 Å². The maximum atomic E-state index is 10.2. The van der Waals surface area contributed by atoms with Gasteiger partial charge in [0.2, 0.25) is 0 Å². The molecule has 0 bridgehead atoms. The number of hydrogen-bond acceptors (Lipinski definition) is 1. The van der Waals surface area contributed by atoms with Gasteiger partial charge in [-0.15, -0.1) is 6.58 Å². The van der Waals surface area contributed by atoms with Crippen molar-refractivity contribution in [2.45, 2.75) is 105 Å². The largest absolute Gasteiger partial charge is 0.393 e. The summed E-state index contributed by atoms with van der Waals surface area (Å²) < 4.78 is 0. The molecular formula is C29H48O. The highest BCUT2D eigenvalue weighted by atomic mass is 16.3. The summed E-state index contributed by atoms with van der Waals surface area (Å²) in [7, 11) is 0. The second-order valence-corrected chi connectivity index (χ2v) is 12.4. The molecule has 4 rings (SSSR count). The molecule has 9 unspecified atom stereocenters. The van der Waals surface area contributed by atoms with E-state index in [-0.39, 0.29) is 6.10 Å². The van der Waals surface area contributed by atoms with Crippen LogP contribution < -0.4 is 0 Å². The molecule has 0 aromatic heterocycles. The van der Waals surface area contributed by atoms with Gasteiger partial charge < -0.3 is 5.11 Å². The Morgan fingerprint density at radius 1 is 1.13 bits per heavy atom. The van der Waals surface area contributed by atoms with Gasteiger partial charge in [0, 0.05) is 0 Å². The zero-order valence-electron chi connectivity index (χ0n) is 20.5. The van der Waals surface area contributed by atoms with Crippen LogP contribution in [0.5, 0.6) is 0 Å². The minimum Gasteiger partial charge on any atom is -0.393 e. The summed E-state index contributed by atoms with van der Waals surface area (Å²) in [4.78, 5) is 0. The van der Waals surface area contributed by atoms with E-state index in [1.807, 2.05) is 0 Å². The maximum absolute atomic E-state index is 10.2. The molecule has 1 nitrogen and oxygen atoms in total. The normalized spacial score (nSPS) is 46.1. The van der Waals surface area contributed by atoms with Crippen molar-refractivity contribution in [1.29, 1.82) is 0 Å². The molecule has 0 saturated heterocycles. The average Bonchev–Trinajstić information content (AvgIpc) is 3.09. The van der Waals surface area contributed by atoms with E-state index in [1.165, 1.54) is 51.4 Å². The molecule has 0 heterocycles. The zero-order chi connectivity index (χ0) is 21.7. The molecule has 3 saturated carbocycles. The second-order valence-electron chi connectivity index (χ2n) is 12.4. The monoisotopic (exact) mass is 412 g/mol. The van der Waals surface area contributed by atoms with Crippen LogP contribution in [0, 0.1) is 52.3 Å². The molecule has 1 heteroatoms. The third kappa shape index (κ3) is 3.56. The van der Waals surface area contributed by atoms with E-state index in [9.17, 15) is 5.11 Å². The van der Waals surface area contributed by atoms with E-state index in [0.717, 1.165) is 48.3 Å². The molecule has 3 fully saturated rings. The van der Waals surface area contributed by atoms with E-state index in [4.69, 9.17) is 0 Å². The van der Waals surface area contributed by atoms with Crippen molar-refractivity contribution in [3.05, 3.63) is 24.3 Å². The fourth-order valence-electron chi connectivity index (χ4n) is 9.20. The first-order valence-electron chi connectivity index (χ1n) is 13.2. The smallest absolute Gasteiger partial charge is 0.0577 e. The average molecular weight is 413 g/mol. The summed E-state index contributed by atoms with van der Waals surface area (Å²) in [5.74, 6) is 5.84. The molecule has 0 spiro atoms. The summed E-state index contributed by atoms with van der Waals surface area (Å²) in [6.45, 7) is 16.6. The Hall–Kier alpha value is -0.560. The molecular weight excluding hydrogens is 364 g/mol. The number of hydrogen-bond donors (Lipinski definition) is 1. The third-order valence-electron chi connectivity index (χ3n) is 11.2. The van der Waals surface area contributed by atoms with Gasteiger partial charge in [0.15, 0.2) is 0 Å². The van der Waals surface area contributed by atoms with Crippen LogP contribution in [0.4, 0.5) is 0 Å². The standard InChI is InChI=1S/C29H48O/c1-7-19(3)21(8-2)17-20(4)25-11-12-26-24-10-9-22-18-23(30)13-15-28(22,5)27(24)14-16-29(25,26)6/h7,9,19-21,23-27,30H,1,8,10-18H2,2-6H3/t19?,20-,21?,23?,24?,25?,26?,27?,28?,29?/m1/s1. The van der Waals surface area contributed by atoms with E-state index >= 15 is 0 Å². The van der Waals surface area contributed by atoms with Crippen LogP contribution in [0.1, 0.15) is 98.8 Å². The minimum absolute atomic E-state index is 0.0871. The van der Waals surface area contributed by atoms with E-state index in [0.29, 0.717) is 16.7 Å². The minimum atomic E-state index is -0.0871. The molecule has 4 aliphatic carbocycles. The molecule has 0 amide bonds. The van der Waals surface area contributed by atoms with E-state index in [2.05, 4.69) is 53.3 Å². The fraction of sp³-hybridized carbons (Fsp3) is 0.862. The molecule has 0 aromatic carbocycles. The molecule has 4 aliphatic rings. The van der Waals surface area contributed by atoms with Crippen LogP contribution in [0.3, 0.4) is 0 Å². The number of rotatable bonds is 6. The Morgan fingerprint density at radius 3 is 2.60 bits per heavy atom. The van der Waals surface area contributed by atoms with Crippen LogP contribution in [0.15, 0.2) is 24.3 Å². The van der Waals surface area contributed by atoms with Gasteiger partial charge in [0.05, 0.1) is 6.10 Å². The van der Waals surface area contributed by atoms with Crippen molar-refractivity contribution in [1.82, 2.24) is 0 Å². The zero-order valence-corrected chi connectivity index (χ0v) is 20.5. The van der Waals surface area contributed by atoms with E-state index in [1.54, 1.807) is 5.57 Å². The van der Waals surface area contributed by atoms with Gasteiger partial charge in [-0.1, -0.05) is 58.8 Å². The summed E-state index contributed by atoms with van der Waals surface area (Å²) in [6, 6.07) is 0. The fourth-order valence-corrected chi connectivity index (χ4v) is 9.20. The van der Waals surface area contributed by atoms with Crippen molar-refractivity contribution in [2.24, 2.45) is 52.3 Å². The molecule has 0 radical (unpaired) electrons. The third-order valence-corrected chi connectivity index (χ3v) is 11.2. The molecule has 1 N–H and O–H groups in total. The van der Waals surface area contributed by atoms with Crippen LogP contribution in [0.25, 0.3) is 0 Å². The van der Waals surface area contributed by atoms with Gasteiger partial charge in [-0.2, -0.15) is 0 Å². The predicted molar refractivity (Wildman–Crippen MR) is 128 cm³/mol. The van der Waals surface area contributed by atoms with Gasteiger partial charge in [-0.25, -0.2) is 0 Å². The molecule has 0 aromatic rings. The first kappa shape index (κ1) is 22.6. The Bertz CT molecular complexity index is 663. The second kappa shape index (κ2) is 8.42. The lowest BCUT2D eigenvalue weighted by atomic mass is 9.47. The van der Waals surface area contributed by atoms with Gasteiger partial charge >= 0.3 is 0 Å². The van der Waals surface area contributed by atoms with Crippen molar-refractivity contribution in [3.8, 4) is 0 Å². The molecule has 30 heavy (non-hydrogen) atoms. The maximum Gasteiger partial charge on any atom is 0.0577 e. The van der Waals surface area contributed by atoms with Crippen molar-refractivity contribution in [3.63, 3.8) is 0 Å². The summed E-state index contributed by atoms with van der Waals surface area (Å²) in [6.07, 6.45) is 17.6. The molecule has 0 aliphatic heterocycles. The lowest BCUT2D eigenvalue weighted by molar-refractivity contribution is -0.0583. The van der Waals surface area contributed by atoms with Gasteiger partial charge in [-0.3, -0.25) is 0 Å². The first-order valence-corrected chi connectivity index (χ1v) is 13.2. The highest BCUT2D eigenvalue weighted by Crippen LogP contribution is 2.67. The quantitative estimate of drug-likeness (QED) is 0.441. The first-order chi connectivity index (χ1) is 14.2. The highest BCUT2D eigenvalue weighted by Gasteiger charge is 2.59. The summed E-state index contributed by atoms with van der Waals surface area (Å²) in [5, 5.41) is 10.2. The van der Waals surface area contributed by atoms with Crippen LogP contribution >= 0.6 is 0 Å². The van der Waals surface area contributed by atoms with Gasteiger partial charge in [-0.05, 0) is 110 Å². The molecule has 170 valence electrons. The Morgan fingerprint density at radius 2 is 1.90 bits per heavy atom. The SMILES string of the molecule is C=CC(C)C(CC)C[C@@H](C)C1CCC2C3CC=C4CC(O)CCC4(C)C3CCC21C. The highest BCUT2D eigenvalue weighted by molar-refractivity contribution is 5.25.